The van der Waals surface area contributed by atoms with Crippen molar-refractivity contribution in [3.63, 3.8) is 0 Å². The number of carbonyl (C=O) groups is 2. The highest BCUT2D eigenvalue weighted by Crippen LogP contribution is 2.36. The molecule has 148 valence electrons. The summed E-state index contributed by atoms with van der Waals surface area (Å²) in [5, 5.41) is 0. The number of hydrogen-bond acceptors (Lipinski definition) is 5. The second-order valence-corrected chi connectivity index (χ2v) is 6.76. The normalized spacial score (nSPS) is 20.0. The molecule has 0 bridgehead atoms. The van der Waals surface area contributed by atoms with Gasteiger partial charge in [-0.2, -0.15) is 0 Å². The van der Waals surface area contributed by atoms with Gasteiger partial charge in [0.15, 0.2) is 0 Å². The first-order chi connectivity index (χ1) is 13.5. The summed E-state index contributed by atoms with van der Waals surface area (Å²) in [6.07, 6.45) is 0.275. The quantitative estimate of drug-likeness (QED) is 0.562. The third-order valence-corrected chi connectivity index (χ3v) is 5.00. The maximum absolute atomic E-state index is 13.4. The Morgan fingerprint density at radius 3 is 2.43 bits per heavy atom. The summed E-state index contributed by atoms with van der Waals surface area (Å²) in [6.45, 7) is 2.99. The van der Waals surface area contributed by atoms with Crippen LogP contribution >= 0.6 is 0 Å². The van der Waals surface area contributed by atoms with Gasteiger partial charge >= 0.3 is 5.97 Å². The number of benzene rings is 2. The molecular formula is C22H24FNO4. The van der Waals surface area contributed by atoms with E-state index in [0.717, 1.165) is 16.9 Å². The first kappa shape index (κ1) is 20.0. The molecule has 5 nitrogen and oxygen atoms in total. The highest BCUT2D eigenvalue weighted by Gasteiger charge is 2.43. The van der Waals surface area contributed by atoms with Gasteiger partial charge in [0, 0.05) is 19.5 Å². The second kappa shape index (κ2) is 8.97. The van der Waals surface area contributed by atoms with Crippen LogP contribution < -0.4 is 4.74 Å². The van der Waals surface area contributed by atoms with Gasteiger partial charge in [0.2, 0.25) is 0 Å². The molecule has 2 atom stereocenters. The van der Waals surface area contributed by atoms with Crippen LogP contribution in [0.1, 0.15) is 30.5 Å². The predicted molar refractivity (Wildman–Crippen MR) is 102 cm³/mol. The van der Waals surface area contributed by atoms with Crippen molar-refractivity contribution in [2.45, 2.75) is 25.9 Å². The fourth-order valence-corrected chi connectivity index (χ4v) is 3.63. The summed E-state index contributed by atoms with van der Waals surface area (Å²) in [5.41, 5.74) is 1.76. The lowest BCUT2D eigenvalue weighted by Crippen LogP contribution is -2.47. The standard InChI is InChI=1S/C22H24FNO4/c1-3-28-22(26)20-19(25)12-13-24(14-15-4-10-18(27-2)11-5-15)21(20)16-6-8-17(23)9-7-16/h4-11,20-21H,3,12-14H2,1-2H3. The van der Waals surface area contributed by atoms with E-state index in [1.165, 1.54) is 12.1 Å². The molecule has 0 amide bonds. The zero-order valence-electron chi connectivity index (χ0n) is 16.1. The van der Waals surface area contributed by atoms with E-state index < -0.39 is 17.9 Å². The molecule has 2 aromatic rings. The number of methoxy groups -OCH3 is 1. The van der Waals surface area contributed by atoms with Gasteiger partial charge in [0.05, 0.1) is 19.8 Å². The van der Waals surface area contributed by atoms with Crippen LogP contribution in [-0.4, -0.2) is 36.9 Å². The topological polar surface area (TPSA) is 55.8 Å². The van der Waals surface area contributed by atoms with E-state index in [9.17, 15) is 14.0 Å². The van der Waals surface area contributed by atoms with E-state index >= 15 is 0 Å². The monoisotopic (exact) mass is 385 g/mol. The van der Waals surface area contributed by atoms with Crippen molar-refractivity contribution >= 4 is 11.8 Å². The maximum atomic E-state index is 13.4. The van der Waals surface area contributed by atoms with E-state index in [1.54, 1.807) is 26.2 Å². The maximum Gasteiger partial charge on any atom is 0.318 e. The van der Waals surface area contributed by atoms with Gasteiger partial charge in [-0.05, 0) is 42.3 Å². The van der Waals surface area contributed by atoms with Gasteiger partial charge < -0.3 is 9.47 Å². The van der Waals surface area contributed by atoms with Crippen LogP contribution in [0.25, 0.3) is 0 Å². The number of hydrogen-bond donors (Lipinski definition) is 0. The van der Waals surface area contributed by atoms with Gasteiger partial charge in [-0.25, -0.2) is 4.39 Å². The van der Waals surface area contributed by atoms with Gasteiger partial charge in [0.25, 0.3) is 0 Å². The number of rotatable bonds is 6. The van der Waals surface area contributed by atoms with Crippen molar-refractivity contribution in [2.24, 2.45) is 5.92 Å². The minimum Gasteiger partial charge on any atom is -0.497 e. The predicted octanol–water partition coefficient (Wildman–Crippen LogP) is 3.53. The van der Waals surface area contributed by atoms with Crippen molar-refractivity contribution in [3.8, 4) is 5.75 Å². The highest BCUT2D eigenvalue weighted by atomic mass is 19.1. The largest absolute Gasteiger partial charge is 0.497 e. The third-order valence-electron chi connectivity index (χ3n) is 5.00. The number of ketones is 1. The van der Waals surface area contributed by atoms with Gasteiger partial charge in [-0.1, -0.05) is 24.3 Å². The molecule has 0 aromatic heterocycles. The number of nitrogens with zero attached hydrogens (tertiary/aromatic N) is 1. The van der Waals surface area contributed by atoms with Crippen molar-refractivity contribution in [1.29, 1.82) is 0 Å². The average molecular weight is 385 g/mol. The Kier molecular flexibility index (Phi) is 6.41. The molecule has 1 heterocycles. The molecule has 0 radical (unpaired) electrons. The number of esters is 1. The molecule has 1 saturated heterocycles. The van der Waals surface area contributed by atoms with Crippen LogP contribution in [0.3, 0.4) is 0 Å². The number of halogens is 1. The van der Waals surface area contributed by atoms with Crippen LogP contribution in [0, 0.1) is 11.7 Å². The Bertz CT molecular complexity index is 819. The molecule has 0 aliphatic carbocycles. The summed E-state index contributed by atoms with van der Waals surface area (Å²) in [5.74, 6) is -1.19. The lowest BCUT2D eigenvalue weighted by atomic mass is 9.83. The Morgan fingerprint density at radius 2 is 1.82 bits per heavy atom. The first-order valence-corrected chi connectivity index (χ1v) is 9.35. The molecule has 3 rings (SSSR count). The lowest BCUT2D eigenvalue weighted by Gasteiger charge is -2.39. The molecular weight excluding hydrogens is 361 g/mol. The summed E-state index contributed by atoms with van der Waals surface area (Å²) in [6, 6.07) is 13.1. The third kappa shape index (κ3) is 4.39. The van der Waals surface area contributed by atoms with Crippen molar-refractivity contribution in [1.82, 2.24) is 4.90 Å². The summed E-state index contributed by atoms with van der Waals surface area (Å²) in [7, 11) is 1.61. The van der Waals surface area contributed by atoms with E-state index in [1.807, 2.05) is 24.3 Å². The first-order valence-electron chi connectivity index (χ1n) is 9.35. The van der Waals surface area contributed by atoms with Crippen molar-refractivity contribution in [2.75, 3.05) is 20.3 Å². The fraction of sp³-hybridized carbons (Fsp3) is 0.364. The molecule has 0 spiro atoms. The molecule has 28 heavy (non-hydrogen) atoms. The van der Waals surface area contributed by atoms with Crippen LogP contribution in [0.15, 0.2) is 48.5 Å². The smallest absolute Gasteiger partial charge is 0.318 e. The zero-order valence-corrected chi connectivity index (χ0v) is 16.1. The van der Waals surface area contributed by atoms with Gasteiger partial charge in [-0.15, -0.1) is 0 Å². The summed E-state index contributed by atoms with van der Waals surface area (Å²) in [4.78, 5) is 27.3. The molecule has 6 heteroatoms. The summed E-state index contributed by atoms with van der Waals surface area (Å²) >= 11 is 0. The van der Waals surface area contributed by atoms with Crippen LogP contribution in [0.2, 0.25) is 0 Å². The summed E-state index contributed by atoms with van der Waals surface area (Å²) < 4.78 is 23.8. The highest BCUT2D eigenvalue weighted by molar-refractivity contribution is 6.00. The average Bonchev–Trinajstić information content (AvgIpc) is 2.70. The number of carbonyl (C=O) groups excluding carboxylic acids is 2. The van der Waals surface area contributed by atoms with E-state index in [-0.39, 0.29) is 24.6 Å². The van der Waals surface area contributed by atoms with Gasteiger partial charge in [-0.3, -0.25) is 14.5 Å². The molecule has 1 aliphatic rings. The number of Topliss-reactive ketones (excluding diaryl/α,β-unsaturated/α-hetero) is 1. The number of ether oxygens (including phenoxy) is 2. The van der Waals surface area contributed by atoms with E-state index in [2.05, 4.69) is 4.90 Å². The molecule has 1 fully saturated rings. The molecule has 1 aliphatic heterocycles. The Labute approximate surface area is 164 Å². The van der Waals surface area contributed by atoms with Crippen LogP contribution in [0.5, 0.6) is 5.75 Å². The minimum absolute atomic E-state index is 0.140. The Morgan fingerprint density at radius 1 is 1.14 bits per heavy atom. The van der Waals surface area contributed by atoms with Crippen molar-refractivity contribution < 1.29 is 23.5 Å². The molecule has 2 aromatic carbocycles. The molecule has 0 saturated carbocycles. The molecule has 0 N–H and O–H groups in total. The van der Waals surface area contributed by atoms with E-state index in [4.69, 9.17) is 9.47 Å². The SMILES string of the molecule is CCOC(=O)C1C(=O)CCN(Cc2ccc(OC)cc2)C1c1ccc(F)cc1. The van der Waals surface area contributed by atoms with Crippen LogP contribution in [0.4, 0.5) is 4.39 Å². The van der Waals surface area contributed by atoms with Crippen molar-refractivity contribution in [3.05, 3.63) is 65.5 Å². The number of piperidine rings is 1. The Balaban J connectivity index is 1.94. The lowest BCUT2D eigenvalue weighted by molar-refractivity contribution is -0.157. The zero-order chi connectivity index (χ0) is 20.1. The van der Waals surface area contributed by atoms with Gasteiger partial charge in [0.1, 0.15) is 23.3 Å². The van der Waals surface area contributed by atoms with Crippen LogP contribution in [-0.2, 0) is 20.9 Å². The fourth-order valence-electron chi connectivity index (χ4n) is 3.63. The second-order valence-electron chi connectivity index (χ2n) is 6.76. The van der Waals surface area contributed by atoms with E-state index in [0.29, 0.717) is 13.1 Å². The molecule has 2 unspecified atom stereocenters. The Hall–Kier alpha value is -2.73. The minimum atomic E-state index is -0.919. The number of likely N-dealkylation sites (tertiary alicyclic amines) is 1.